The predicted molar refractivity (Wildman–Crippen MR) is 60.6 cm³/mol. The third-order valence-corrected chi connectivity index (χ3v) is 1.98. The molecule has 0 aromatic carbocycles. The van der Waals surface area contributed by atoms with E-state index >= 15 is 0 Å². The Labute approximate surface area is 82.2 Å². The lowest BCUT2D eigenvalue weighted by molar-refractivity contribution is 0.513. The van der Waals surface area contributed by atoms with Gasteiger partial charge in [0.25, 0.3) is 0 Å². The summed E-state index contributed by atoms with van der Waals surface area (Å²) in [6.07, 6.45) is 1.95. The van der Waals surface area contributed by atoms with Gasteiger partial charge < -0.3 is 5.32 Å². The van der Waals surface area contributed by atoms with Crippen molar-refractivity contribution >= 4 is 0 Å². The van der Waals surface area contributed by atoms with Crippen molar-refractivity contribution in [2.24, 2.45) is 5.41 Å². The van der Waals surface area contributed by atoms with Crippen LogP contribution in [0.1, 0.15) is 27.7 Å². The number of rotatable bonds is 3. The zero-order chi connectivity index (χ0) is 10.6. The zero-order valence-corrected chi connectivity index (χ0v) is 9.49. The number of hydrogen-bond donors (Lipinski definition) is 1. The normalized spacial score (nSPS) is 12.5. The molecule has 0 atom stereocenters. The third-order valence-electron chi connectivity index (χ3n) is 1.98. The van der Waals surface area contributed by atoms with Crippen LogP contribution >= 0.6 is 0 Å². The monoisotopic (exact) mass is 179 g/mol. The summed E-state index contributed by atoms with van der Waals surface area (Å²) in [5.41, 5.74) is 3.39. The Hall–Kier alpha value is -0.980. The first-order valence-corrected chi connectivity index (χ1v) is 4.53. The van der Waals surface area contributed by atoms with E-state index in [0.29, 0.717) is 0 Å². The Morgan fingerprint density at radius 3 is 1.92 bits per heavy atom. The fourth-order valence-corrected chi connectivity index (χ4v) is 1.02. The Morgan fingerprint density at radius 1 is 1.23 bits per heavy atom. The molecule has 0 heterocycles. The molecule has 0 aromatic rings. The molecule has 0 bridgehead atoms. The van der Waals surface area contributed by atoms with E-state index in [1.807, 2.05) is 20.2 Å². The van der Waals surface area contributed by atoms with Crippen molar-refractivity contribution < 1.29 is 0 Å². The average Bonchev–Trinajstić information content (AvgIpc) is 1.96. The maximum Gasteiger partial charge on any atom is 0.00404 e. The molecule has 0 rings (SSSR count). The summed E-state index contributed by atoms with van der Waals surface area (Å²) < 4.78 is 0. The molecule has 0 aliphatic heterocycles. The average molecular weight is 179 g/mol. The molecule has 13 heavy (non-hydrogen) atoms. The van der Waals surface area contributed by atoms with Gasteiger partial charge in [-0.15, -0.1) is 0 Å². The Bertz CT molecular complexity index is 238. The van der Waals surface area contributed by atoms with Gasteiger partial charge in [0.2, 0.25) is 0 Å². The fraction of sp³-hybridized carbons (Fsp3) is 0.500. The van der Waals surface area contributed by atoms with Crippen molar-refractivity contribution in [3.8, 4) is 0 Å². The summed E-state index contributed by atoms with van der Waals surface area (Å²) in [4.78, 5) is 0. The van der Waals surface area contributed by atoms with Crippen LogP contribution in [0.15, 0.2) is 36.1 Å². The van der Waals surface area contributed by atoms with Crippen molar-refractivity contribution in [2.75, 3.05) is 7.05 Å². The largest absolute Gasteiger partial charge is 0.393 e. The molecule has 1 heteroatoms. The highest BCUT2D eigenvalue weighted by atomic mass is 14.8. The van der Waals surface area contributed by atoms with Gasteiger partial charge in [0.1, 0.15) is 0 Å². The molecule has 0 amide bonds. The third kappa shape index (κ3) is 3.49. The Morgan fingerprint density at radius 2 is 1.69 bits per heavy atom. The van der Waals surface area contributed by atoms with Crippen LogP contribution in [-0.2, 0) is 0 Å². The first kappa shape index (κ1) is 12.0. The van der Waals surface area contributed by atoms with Crippen LogP contribution in [0.5, 0.6) is 0 Å². The predicted octanol–water partition coefficient (Wildman–Crippen LogP) is 3.27. The second-order valence-corrected chi connectivity index (χ2v) is 4.36. The first-order chi connectivity index (χ1) is 5.80. The quantitative estimate of drug-likeness (QED) is 0.656. The summed E-state index contributed by atoms with van der Waals surface area (Å²) in [5.74, 6) is 0. The summed E-state index contributed by atoms with van der Waals surface area (Å²) >= 11 is 0. The molecule has 0 saturated heterocycles. The van der Waals surface area contributed by atoms with Crippen molar-refractivity contribution in [3.63, 3.8) is 0 Å². The van der Waals surface area contributed by atoms with Crippen LogP contribution in [0.3, 0.4) is 0 Å². The number of nitrogens with one attached hydrogen (secondary N) is 1. The van der Waals surface area contributed by atoms with Gasteiger partial charge in [-0.25, -0.2) is 0 Å². The molecule has 0 aliphatic rings. The topological polar surface area (TPSA) is 12.0 Å². The Balaban J connectivity index is 4.90. The number of allylic oxidation sites excluding steroid dienone is 3. The van der Waals surface area contributed by atoms with Crippen molar-refractivity contribution in [1.29, 1.82) is 0 Å². The van der Waals surface area contributed by atoms with E-state index in [2.05, 4.69) is 39.2 Å². The van der Waals surface area contributed by atoms with Gasteiger partial charge in [-0.1, -0.05) is 33.9 Å². The van der Waals surface area contributed by atoms with E-state index in [1.54, 1.807) is 0 Å². The van der Waals surface area contributed by atoms with Crippen LogP contribution in [0.2, 0.25) is 0 Å². The van der Waals surface area contributed by atoms with E-state index in [-0.39, 0.29) is 5.41 Å². The molecular formula is C12H21N. The SMILES string of the molecule is C=C(C)/C(=C/NC)C(=C)C(C)(C)C. The van der Waals surface area contributed by atoms with Gasteiger partial charge in [0, 0.05) is 13.2 Å². The minimum atomic E-state index is 0.0988. The van der Waals surface area contributed by atoms with Crippen LogP contribution in [0.25, 0.3) is 0 Å². The van der Waals surface area contributed by atoms with E-state index in [1.165, 1.54) is 0 Å². The van der Waals surface area contributed by atoms with Crippen molar-refractivity contribution in [3.05, 3.63) is 36.1 Å². The molecule has 74 valence electrons. The van der Waals surface area contributed by atoms with E-state index < -0.39 is 0 Å². The second kappa shape index (κ2) is 4.31. The molecule has 0 fully saturated rings. The van der Waals surface area contributed by atoms with Gasteiger partial charge in [-0.05, 0) is 29.1 Å². The lowest BCUT2D eigenvalue weighted by Crippen LogP contribution is -2.12. The molecule has 1 nitrogen and oxygen atoms in total. The highest BCUT2D eigenvalue weighted by Crippen LogP contribution is 2.32. The van der Waals surface area contributed by atoms with Gasteiger partial charge >= 0.3 is 0 Å². The smallest absolute Gasteiger partial charge is 0.00404 e. The first-order valence-electron chi connectivity index (χ1n) is 4.53. The summed E-state index contributed by atoms with van der Waals surface area (Å²) in [7, 11) is 1.89. The maximum atomic E-state index is 4.10. The van der Waals surface area contributed by atoms with Gasteiger partial charge in [-0.2, -0.15) is 0 Å². The highest BCUT2D eigenvalue weighted by Gasteiger charge is 2.18. The summed E-state index contributed by atoms with van der Waals surface area (Å²) in [5, 5.41) is 3.02. The van der Waals surface area contributed by atoms with Gasteiger partial charge in [-0.3, -0.25) is 0 Å². The molecule has 1 N–H and O–H groups in total. The molecule has 0 aliphatic carbocycles. The highest BCUT2D eigenvalue weighted by molar-refractivity contribution is 5.45. The molecule has 0 unspecified atom stereocenters. The van der Waals surface area contributed by atoms with Crippen LogP contribution in [-0.4, -0.2) is 7.05 Å². The van der Waals surface area contributed by atoms with E-state index in [4.69, 9.17) is 0 Å². The van der Waals surface area contributed by atoms with Gasteiger partial charge in [0.05, 0.1) is 0 Å². The lowest BCUT2D eigenvalue weighted by Gasteiger charge is -2.24. The van der Waals surface area contributed by atoms with Crippen molar-refractivity contribution in [2.45, 2.75) is 27.7 Å². The van der Waals surface area contributed by atoms with Crippen LogP contribution in [0, 0.1) is 5.41 Å². The van der Waals surface area contributed by atoms with Gasteiger partial charge in [0.15, 0.2) is 0 Å². The van der Waals surface area contributed by atoms with E-state index in [0.717, 1.165) is 16.7 Å². The Kier molecular flexibility index (Phi) is 3.99. The minimum Gasteiger partial charge on any atom is -0.393 e. The molecule has 0 radical (unpaired) electrons. The number of hydrogen-bond acceptors (Lipinski definition) is 1. The van der Waals surface area contributed by atoms with Crippen LogP contribution in [0.4, 0.5) is 0 Å². The molecule has 0 saturated carbocycles. The molecule has 0 aromatic heterocycles. The zero-order valence-electron chi connectivity index (χ0n) is 9.49. The minimum absolute atomic E-state index is 0.0988. The molecular weight excluding hydrogens is 158 g/mol. The second-order valence-electron chi connectivity index (χ2n) is 4.36. The maximum absolute atomic E-state index is 4.10. The molecule has 0 spiro atoms. The standard InChI is InChI=1S/C12H21N/c1-9(2)11(8-13-7)10(3)12(4,5)6/h8,13H,1,3H2,2,4-7H3/b11-8-. The fourth-order valence-electron chi connectivity index (χ4n) is 1.02. The van der Waals surface area contributed by atoms with Crippen molar-refractivity contribution in [1.82, 2.24) is 5.32 Å². The lowest BCUT2D eigenvalue weighted by atomic mass is 9.81. The summed E-state index contributed by atoms with van der Waals surface area (Å²) in [6.45, 7) is 16.5. The summed E-state index contributed by atoms with van der Waals surface area (Å²) in [6, 6.07) is 0. The van der Waals surface area contributed by atoms with E-state index in [9.17, 15) is 0 Å². The van der Waals surface area contributed by atoms with Crippen LogP contribution < -0.4 is 5.32 Å².